The van der Waals surface area contributed by atoms with Crippen LogP contribution in [0.3, 0.4) is 0 Å². The Morgan fingerprint density at radius 3 is 2.95 bits per heavy atom. The molecule has 1 saturated heterocycles. The van der Waals surface area contributed by atoms with E-state index in [0.29, 0.717) is 12.0 Å². The van der Waals surface area contributed by atoms with E-state index < -0.39 is 0 Å². The average Bonchev–Trinajstić information content (AvgIpc) is 2.83. The lowest BCUT2D eigenvalue weighted by Crippen LogP contribution is -2.29. The van der Waals surface area contributed by atoms with Crippen LogP contribution in [0.2, 0.25) is 0 Å². The van der Waals surface area contributed by atoms with Gasteiger partial charge in [0.05, 0.1) is 7.11 Å². The Kier molecular flexibility index (Phi) is 5.23. The normalized spacial score (nSPS) is 23.7. The van der Waals surface area contributed by atoms with E-state index in [1.807, 2.05) is 13.1 Å². The summed E-state index contributed by atoms with van der Waals surface area (Å²) in [6.07, 6.45) is 2.50. The molecular weight excluding hydrogens is 236 g/mol. The molecule has 0 aliphatic carbocycles. The molecule has 1 fully saturated rings. The highest BCUT2D eigenvalue weighted by atomic mass is 16.5. The number of hydrogen-bond donors (Lipinski definition) is 1. The zero-order valence-electron chi connectivity index (χ0n) is 12.4. The summed E-state index contributed by atoms with van der Waals surface area (Å²) in [6.45, 7) is 5.74. The van der Waals surface area contributed by atoms with E-state index in [-0.39, 0.29) is 0 Å². The second-order valence-corrected chi connectivity index (χ2v) is 5.36. The smallest absolute Gasteiger partial charge is 0.119 e. The predicted octanol–water partition coefficient (Wildman–Crippen LogP) is 2.69. The van der Waals surface area contributed by atoms with Crippen LogP contribution in [0.1, 0.15) is 31.4 Å². The lowest BCUT2D eigenvalue weighted by Gasteiger charge is -2.28. The van der Waals surface area contributed by atoms with E-state index >= 15 is 0 Å². The third kappa shape index (κ3) is 3.28. The summed E-state index contributed by atoms with van der Waals surface area (Å²) in [6, 6.07) is 9.09. The molecule has 0 bridgehead atoms. The molecule has 3 heteroatoms. The Morgan fingerprint density at radius 2 is 2.26 bits per heavy atom. The first-order chi connectivity index (χ1) is 9.30. The first kappa shape index (κ1) is 14.4. The molecule has 1 N–H and O–H groups in total. The van der Waals surface area contributed by atoms with E-state index in [0.717, 1.165) is 12.3 Å². The van der Waals surface area contributed by atoms with Crippen molar-refractivity contribution in [1.82, 2.24) is 10.2 Å². The lowest BCUT2D eigenvalue weighted by molar-refractivity contribution is 0.227. The third-order valence-electron chi connectivity index (χ3n) is 4.04. The molecule has 1 aliphatic rings. The van der Waals surface area contributed by atoms with E-state index in [2.05, 4.69) is 35.3 Å². The van der Waals surface area contributed by atoms with Gasteiger partial charge in [0.1, 0.15) is 5.75 Å². The van der Waals surface area contributed by atoms with Crippen LogP contribution in [-0.2, 0) is 0 Å². The van der Waals surface area contributed by atoms with Crippen LogP contribution in [-0.4, -0.2) is 38.7 Å². The Balaban J connectivity index is 2.23. The molecule has 1 heterocycles. The van der Waals surface area contributed by atoms with Crippen LogP contribution in [0.15, 0.2) is 24.3 Å². The standard InChI is InChI=1S/C16H26N2O/c1-4-9-18-10-8-14(12-17-2)16(18)13-6-5-7-15(11-13)19-3/h5-7,11,14,16-17H,4,8-10,12H2,1-3H3. The van der Waals surface area contributed by atoms with E-state index in [9.17, 15) is 0 Å². The van der Waals surface area contributed by atoms with Gasteiger partial charge in [0.15, 0.2) is 0 Å². The van der Waals surface area contributed by atoms with Crippen molar-refractivity contribution in [1.29, 1.82) is 0 Å². The van der Waals surface area contributed by atoms with E-state index in [1.165, 1.54) is 31.5 Å². The number of hydrogen-bond acceptors (Lipinski definition) is 3. The molecule has 1 aromatic carbocycles. The van der Waals surface area contributed by atoms with Gasteiger partial charge in [0.25, 0.3) is 0 Å². The molecule has 2 rings (SSSR count). The fraction of sp³-hybridized carbons (Fsp3) is 0.625. The topological polar surface area (TPSA) is 24.5 Å². The molecule has 3 nitrogen and oxygen atoms in total. The van der Waals surface area contributed by atoms with Crippen molar-refractivity contribution in [3.63, 3.8) is 0 Å². The van der Waals surface area contributed by atoms with Gasteiger partial charge in [-0.2, -0.15) is 0 Å². The van der Waals surface area contributed by atoms with Gasteiger partial charge in [-0.05, 0) is 63.1 Å². The van der Waals surface area contributed by atoms with Crippen LogP contribution in [0.5, 0.6) is 5.75 Å². The minimum absolute atomic E-state index is 0.530. The first-order valence-electron chi connectivity index (χ1n) is 7.32. The monoisotopic (exact) mass is 262 g/mol. The van der Waals surface area contributed by atoms with Gasteiger partial charge < -0.3 is 10.1 Å². The predicted molar refractivity (Wildman–Crippen MR) is 79.6 cm³/mol. The first-order valence-corrected chi connectivity index (χ1v) is 7.32. The number of ether oxygens (including phenoxy) is 1. The Bertz CT molecular complexity index is 380. The van der Waals surface area contributed by atoms with Crippen molar-refractivity contribution in [3.05, 3.63) is 29.8 Å². The van der Waals surface area contributed by atoms with Crippen molar-refractivity contribution in [2.24, 2.45) is 5.92 Å². The van der Waals surface area contributed by atoms with Gasteiger partial charge in [-0.15, -0.1) is 0 Å². The molecule has 106 valence electrons. The zero-order chi connectivity index (χ0) is 13.7. The van der Waals surface area contributed by atoms with Crippen molar-refractivity contribution < 1.29 is 4.74 Å². The third-order valence-corrected chi connectivity index (χ3v) is 4.04. The maximum Gasteiger partial charge on any atom is 0.119 e. The van der Waals surface area contributed by atoms with Crippen molar-refractivity contribution in [3.8, 4) is 5.75 Å². The highest BCUT2D eigenvalue weighted by Gasteiger charge is 2.34. The second kappa shape index (κ2) is 6.92. The Hall–Kier alpha value is -1.06. The minimum Gasteiger partial charge on any atom is -0.497 e. The maximum absolute atomic E-state index is 5.37. The van der Waals surface area contributed by atoms with E-state index in [1.54, 1.807) is 7.11 Å². The maximum atomic E-state index is 5.37. The summed E-state index contributed by atoms with van der Waals surface area (Å²) in [7, 11) is 3.79. The molecule has 0 spiro atoms. The van der Waals surface area contributed by atoms with Gasteiger partial charge in [-0.3, -0.25) is 4.90 Å². The molecule has 0 aromatic heterocycles. The number of nitrogens with one attached hydrogen (secondary N) is 1. The Morgan fingerprint density at radius 1 is 1.42 bits per heavy atom. The van der Waals surface area contributed by atoms with Gasteiger partial charge >= 0.3 is 0 Å². The van der Waals surface area contributed by atoms with Crippen LogP contribution in [0.25, 0.3) is 0 Å². The number of benzene rings is 1. The van der Waals surface area contributed by atoms with Crippen LogP contribution >= 0.6 is 0 Å². The van der Waals surface area contributed by atoms with E-state index in [4.69, 9.17) is 4.74 Å². The summed E-state index contributed by atoms with van der Waals surface area (Å²) in [5.74, 6) is 1.66. The van der Waals surface area contributed by atoms with Crippen molar-refractivity contribution in [2.45, 2.75) is 25.8 Å². The number of methoxy groups -OCH3 is 1. The van der Waals surface area contributed by atoms with Gasteiger partial charge in [-0.1, -0.05) is 19.1 Å². The SMILES string of the molecule is CCCN1CCC(CNC)C1c1cccc(OC)c1. The number of nitrogens with zero attached hydrogens (tertiary/aromatic N) is 1. The van der Waals surface area contributed by atoms with Crippen LogP contribution in [0.4, 0.5) is 0 Å². The summed E-state index contributed by atoms with van der Waals surface area (Å²) in [4.78, 5) is 2.62. The second-order valence-electron chi connectivity index (χ2n) is 5.36. The summed E-state index contributed by atoms with van der Waals surface area (Å²) >= 11 is 0. The zero-order valence-corrected chi connectivity index (χ0v) is 12.4. The molecule has 2 atom stereocenters. The largest absolute Gasteiger partial charge is 0.497 e. The number of rotatable bonds is 6. The van der Waals surface area contributed by atoms with Gasteiger partial charge in [0, 0.05) is 6.04 Å². The quantitative estimate of drug-likeness (QED) is 0.853. The molecule has 0 amide bonds. The molecule has 2 unspecified atom stereocenters. The van der Waals surface area contributed by atoms with Crippen molar-refractivity contribution in [2.75, 3.05) is 33.8 Å². The molecule has 0 saturated carbocycles. The molecule has 1 aliphatic heterocycles. The molecule has 0 radical (unpaired) electrons. The lowest BCUT2D eigenvalue weighted by atomic mass is 9.93. The summed E-state index contributed by atoms with van der Waals surface area (Å²) in [5.41, 5.74) is 1.39. The summed E-state index contributed by atoms with van der Waals surface area (Å²) < 4.78 is 5.37. The van der Waals surface area contributed by atoms with Gasteiger partial charge in [-0.25, -0.2) is 0 Å². The minimum atomic E-state index is 0.530. The fourth-order valence-electron chi connectivity index (χ4n) is 3.25. The average molecular weight is 262 g/mol. The highest BCUT2D eigenvalue weighted by molar-refractivity contribution is 5.31. The molecule has 19 heavy (non-hydrogen) atoms. The Labute approximate surface area is 116 Å². The molecule has 1 aromatic rings. The highest BCUT2D eigenvalue weighted by Crippen LogP contribution is 2.37. The van der Waals surface area contributed by atoms with Crippen LogP contribution < -0.4 is 10.1 Å². The van der Waals surface area contributed by atoms with Crippen molar-refractivity contribution >= 4 is 0 Å². The number of likely N-dealkylation sites (tertiary alicyclic amines) is 1. The molecular formula is C16H26N2O. The van der Waals surface area contributed by atoms with Crippen LogP contribution in [0, 0.1) is 5.92 Å². The summed E-state index contributed by atoms with van der Waals surface area (Å²) in [5, 5.41) is 3.34. The fourth-order valence-corrected chi connectivity index (χ4v) is 3.25. The van der Waals surface area contributed by atoms with Gasteiger partial charge in [0.2, 0.25) is 0 Å².